The second-order valence-corrected chi connectivity index (χ2v) is 7.50. The summed E-state index contributed by atoms with van der Waals surface area (Å²) >= 11 is 3.45. The highest BCUT2D eigenvalue weighted by Crippen LogP contribution is 2.31. The Kier molecular flexibility index (Phi) is 3.18. The van der Waals surface area contributed by atoms with Crippen LogP contribution in [0, 0.1) is 0 Å². The third kappa shape index (κ3) is 2.23. The van der Waals surface area contributed by atoms with Crippen molar-refractivity contribution in [3.63, 3.8) is 0 Å². The van der Waals surface area contributed by atoms with E-state index in [2.05, 4.69) is 64.3 Å². The SMILES string of the molecule is c1csc(-c2cnc3c(ccc4cc(-c5cccs5)ncc43)c2)c1. The number of pyridine rings is 2. The monoisotopic (exact) mass is 344 g/mol. The van der Waals surface area contributed by atoms with Gasteiger partial charge in [-0.3, -0.25) is 9.97 Å². The third-order valence-electron chi connectivity index (χ3n) is 4.13. The maximum atomic E-state index is 4.73. The highest BCUT2D eigenvalue weighted by molar-refractivity contribution is 7.13. The van der Waals surface area contributed by atoms with Crippen LogP contribution in [-0.4, -0.2) is 9.97 Å². The summed E-state index contributed by atoms with van der Waals surface area (Å²) in [6.45, 7) is 0. The number of thiophene rings is 2. The van der Waals surface area contributed by atoms with E-state index >= 15 is 0 Å². The van der Waals surface area contributed by atoms with Crippen LogP contribution in [0.15, 0.2) is 71.7 Å². The maximum Gasteiger partial charge on any atom is 0.0808 e. The predicted octanol–water partition coefficient (Wildman–Crippen LogP) is 6.24. The van der Waals surface area contributed by atoms with E-state index in [1.165, 1.54) is 20.7 Å². The summed E-state index contributed by atoms with van der Waals surface area (Å²) in [7, 11) is 0. The van der Waals surface area contributed by atoms with Crippen LogP contribution in [0.3, 0.4) is 0 Å². The molecule has 0 aliphatic heterocycles. The number of benzene rings is 1. The van der Waals surface area contributed by atoms with Crippen LogP contribution in [0.2, 0.25) is 0 Å². The number of rotatable bonds is 2. The minimum Gasteiger partial charge on any atom is -0.255 e. The number of aromatic nitrogens is 2. The molecule has 4 aromatic heterocycles. The molecule has 5 aromatic rings. The minimum absolute atomic E-state index is 1.01. The van der Waals surface area contributed by atoms with Crippen molar-refractivity contribution in [3.05, 3.63) is 71.7 Å². The molecule has 0 aliphatic carbocycles. The summed E-state index contributed by atoms with van der Waals surface area (Å²) in [5.41, 5.74) is 3.20. The van der Waals surface area contributed by atoms with Gasteiger partial charge in [0.1, 0.15) is 0 Å². The van der Waals surface area contributed by atoms with E-state index in [4.69, 9.17) is 4.98 Å². The molecule has 0 radical (unpaired) electrons. The van der Waals surface area contributed by atoms with Crippen LogP contribution in [0.5, 0.6) is 0 Å². The first-order valence-electron chi connectivity index (χ1n) is 7.65. The molecule has 0 atom stereocenters. The van der Waals surface area contributed by atoms with Crippen molar-refractivity contribution >= 4 is 44.3 Å². The maximum absolute atomic E-state index is 4.73. The lowest BCUT2D eigenvalue weighted by Gasteiger charge is -2.06. The van der Waals surface area contributed by atoms with Gasteiger partial charge in [-0.15, -0.1) is 22.7 Å². The van der Waals surface area contributed by atoms with E-state index in [-0.39, 0.29) is 0 Å². The average Bonchev–Trinajstić information content (AvgIpc) is 3.34. The second-order valence-electron chi connectivity index (χ2n) is 5.61. The van der Waals surface area contributed by atoms with Gasteiger partial charge in [0.15, 0.2) is 0 Å². The highest BCUT2D eigenvalue weighted by atomic mass is 32.1. The van der Waals surface area contributed by atoms with Crippen molar-refractivity contribution < 1.29 is 0 Å². The molecule has 0 unspecified atom stereocenters. The molecule has 4 heterocycles. The van der Waals surface area contributed by atoms with Crippen LogP contribution in [-0.2, 0) is 0 Å². The Morgan fingerprint density at radius 3 is 2.29 bits per heavy atom. The molecule has 0 saturated heterocycles. The molecular formula is C20H12N2S2. The molecule has 114 valence electrons. The third-order valence-corrected chi connectivity index (χ3v) is 5.94. The molecule has 0 spiro atoms. The quantitative estimate of drug-likeness (QED) is 0.354. The summed E-state index contributed by atoms with van der Waals surface area (Å²) in [5, 5.41) is 7.60. The highest BCUT2D eigenvalue weighted by Gasteiger charge is 2.08. The lowest BCUT2D eigenvalue weighted by Crippen LogP contribution is -1.86. The molecule has 5 rings (SSSR count). The Morgan fingerprint density at radius 1 is 0.708 bits per heavy atom. The van der Waals surface area contributed by atoms with Crippen molar-refractivity contribution in [3.8, 4) is 21.0 Å². The fraction of sp³-hybridized carbons (Fsp3) is 0. The van der Waals surface area contributed by atoms with E-state index in [9.17, 15) is 0 Å². The van der Waals surface area contributed by atoms with Crippen LogP contribution in [0.1, 0.15) is 0 Å². The Bertz CT molecular complexity index is 1050. The molecule has 0 amide bonds. The minimum atomic E-state index is 1.01. The Hall–Kier alpha value is -2.56. The fourth-order valence-electron chi connectivity index (χ4n) is 2.96. The van der Waals surface area contributed by atoms with Gasteiger partial charge in [0.25, 0.3) is 0 Å². The molecular weight excluding hydrogens is 332 g/mol. The Balaban J connectivity index is 1.70. The van der Waals surface area contributed by atoms with Crippen LogP contribution in [0.25, 0.3) is 42.7 Å². The van der Waals surface area contributed by atoms with Gasteiger partial charge in [-0.25, -0.2) is 0 Å². The molecule has 24 heavy (non-hydrogen) atoms. The van der Waals surface area contributed by atoms with E-state index in [1.807, 2.05) is 12.4 Å². The summed E-state index contributed by atoms with van der Waals surface area (Å²) < 4.78 is 0. The summed E-state index contributed by atoms with van der Waals surface area (Å²) in [6, 6.07) is 17.0. The van der Waals surface area contributed by atoms with E-state index in [1.54, 1.807) is 22.7 Å². The molecule has 1 aromatic carbocycles. The summed E-state index contributed by atoms with van der Waals surface area (Å²) in [6.07, 6.45) is 3.91. The van der Waals surface area contributed by atoms with Gasteiger partial charge in [-0.2, -0.15) is 0 Å². The first kappa shape index (κ1) is 13.8. The van der Waals surface area contributed by atoms with Gasteiger partial charge in [0.05, 0.1) is 16.1 Å². The Morgan fingerprint density at radius 2 is 1.50 bits per heavy atom. The van der Waals surface area contributed by atoms with Gasteiger partial charge in [0, 0.05) is 33.6 Å². The largest absolute Gasteiger partial charge is 0.255 e. The lowest BCUT2D eigenvalue weighted by molar-refractivity contribution is 1.36. The first-order chi connectivity index (χ1) is 11.9. The van der Waals surface area contributed by atoms with Crippen molar-refractivity contribution in [1.82, 2.24) is 9.97 Å². The van der Waals surface area contributed by atoms with Crippen molar-refractivity contribution in [2.45, 2.75) is 0 Å². The molecule has 0 fully saturated rings. The van der Waals surface area contributed by atoms with Gasteiger partial charge in [-0.1, -0.05) is 24.3 Å². The van der Waals surface area contributed by atoms with Gasteiger partial charge < -0.3 is 0 Å². The van der Waals surface area contributed by atoms with Crippen molar-refractivity contribution in [2.75, 3.05) is 0 Å². The summed E-state index contributed by atoms with van der Waals surface area (Å²) in [5.74, 6) is 0. The topological polar surface area (TPSA) is 25.8 Å². The van der Waals surface area contributed by atoms with Gasteiger partial charge in [-0.05, 0) is 40.4 Å². The molecule has 0 N–H and O–H groups in total. The fourth-order valence-corrected chi connectivity index (χ4v) is 4.36. The molecule has 0 saturated carbocycles. The molecule has 0 aliphatic rings. The molecule has 0 bridgehead atoms. The number of hydrogen-bond acceptors (Lipinski definition) is 4. The smallest absolute Gasteiger partial charge is 0.0808 e. The van der Waals surface area contributed by atoms with E-state index in [0.29, 0.717) is 0 Å². The number of hydrogen-bond donors (Lipinski definition) is 0. The second kappa shape index (κ2) is 5.51. The zero-order chi connectivity index (χ0) is 15.9. The van der Waals surface area contributed by atoms with Crippen molar-refractivity contribution in [1.29, 1.82) is 0 Å². The zero-order valence-electron chi connectivity index (χ0n) is 12.6. The standard InChI is InChI=1S/C20H12N2S2/c1-3-18(23-7-1)15-9-14-6-5-13-10-17(19-4-2-8-24-19)21-12-16(13)20(14)22-11-15/h1-12H. The van der Waals surface area contributed by atoms with Gasteiger partial charge >= 0.3 is 0 Å². The first-order valence-corrected chi connectivity index (χ1v) is 9.41. The predicted molar refractivity (Wildman–Crippen MR) is 104 cm³/mol. The Labute approximate surface area is 147 Å². The average molecular weight is 344 g/mol. The summed E-state index contributed by atoms with van der Waals surface area (Å²) in [4.78, 5) is 11.8. The van der Waals surface area contributed by atoms with Crippen LogP contribution < -0.4 is 0 Å². The molecule has 4 heteroatoms. The lowest BCUT2D eigenvalue weighted by atomic mass is 10.1. The normalized spacial score (nSPS) is 11.3. The van der Waals surface area contributed by atoms with E-state index in [0.717, 1.165) is 22.0 Å². The van der Waals surface area contributed by atoms with Crippen LogP contribution in [0.4, 0.5) is 0 Å². The number of nitrogens with zero attached hydrogens (tertiary/aromatic N) is 2. The van der Waals surface area contributed by atoms with E-state index < -0.39 is 0 Å². The van der Waals surface area contributed by atoms with Crippen LogP contribution >= 0.6 is 22.7 Å². The van der Waals surface area contributed by atoms with Crippen molar-refractivity contribution in [2.24, 2.45) is 0 Å². The molecule has 2 nitrogen and oxygen atoms in total. The zero-order valence-corrected chi connectivity index (χ0v) is 14.3. The van der Waals surface area contributed by atoms with Gasteiger partial charge in [0.2, 0.25) is 0 Å². The number of fused-ring (bicyclic) bond motifs is 3.